The van der Waals surface area contributed by atoms with Crippen LogP contribution in [0.25, 0.3) is 0 Å². The second-order valence-electron chi connectivity index (χ2n) is 5.70. The molecule has 0 N–H and O–H groups in total. The van der Waals surface area contributed by atoms with Crippen LogP contribution in [0, 0.1) is 5.92 Å². The minimum atomic E-state index is -0.379. The monoisotopic (exact) mass is 260 g/mol. The molecule has 3 aliphatic rings. The average molecular weight is 260 g/mol. The summed E-state index contributed by atoms with van der Waals surface area (Å²) in [6.07, 6.45) is 10.2. The molecule has 3 atom stereocenters. The van der Waals surface area contributed by atoms with Crippen molar-refractivity contribution < 1.29 is 14.3 Å². The van der Waals surface area contributed by atoms with Crippen molar-refractivity contribution in [3.05, 3.63) is 35.1 Å². The summed E-state index contributed by atoms with van der Waals surface area (Å²) in [4.78, 5) is 12.2. The molecule has 0 aromatic rings. The van der Waals surface area contributed by atoms with Crippen LogP contribution in [0.2, 0.25) is 0 Å². The Balaban J connectivity index is 1.95. The molecule has 0 bridgehead atoms. The van der Waals surface area contributed by atoms with Gasteiger partial charge in [0.25, 0.3) is 0 Å². The molecule has 0 aromatic heterocycles. The van der Waals surface area contributed by atoms with Gasteiger partial charge >= 0.3 is 5.97 Å². The molecule has 1 fully saturated rings. The summed E-state index contributed by atoms with van der Waals surface area (Å²) >= 11 is 0. The number of rotatable bonds is 0. The molecular formula is C16H20O3. The molecule has 3 heteroatoms. The first-order chi connectivity index (χ1) is 9.13. The zero-order chi connectivity index (χ0) is 13.4. The molecule has 0 radical (unpaired) electrons. The second-order valence-corrected chi connectivity index (χ2v) is 5.70. The van der Waals surface area contributed by atoms with E-state index in [0.717, 1.165) is 25.0 Å². The lowest BCUT2D eigenvalue weighted by Gasteiger charge is -2.28. The molecule has 102 valence electrons. The number of cyclic esters (lactones) is 1. The van der Waals surface area contributed by atoms with Gasteiger partial charge in [-0.2, -0.15) is 0 Å². The fourth-order valence-electron chi connectivity index (χ4n) is 3.08. The maximum atomic E-state index is 12.2. The lowest BCUT2D eigenvalue weighted by Crippen LogP contribution is -2.31. The highest BCUT2D eigenvalue weighted by molar-refractivity contribution is 5.78. The first-order valence-corrected chi connectivity index (χ1v) is 7.12. The highest BCUT2D eigenvalue weighted by atomic mass is 16.6. The van der Waals surface area contributed by atoms with Crippen LogP contribution in [-0.2, 0) is 14.3 Å². The molecular weight excluding hydrogens is 240 g/mol. The van der Waals surface area contributed by atoms with Crippen molar-refractivity contribution in [1.82, 2.24) is 0 Å². The van der Waals surface area contributed by atoms with E-state index in [1.807, 2.05) is 19.9 Å². The first-order valence-electron chi connectivity index (χ1n) is 7.12. The summed E-state index contributed by atoms with van der Waals surface area (Å²) < 4.78 is 11.5. The molecule has 19 heavy (non-hydrogen) atoms. The smallest absolute Gasteiger partial charge is 0.320 e. The minimum Gasteiger partial charge on any atom is -0.494 e. The molecule has 1 heterocycles. The molecule has 2 aliphatic carbocycles. The Hall–Kier alpha value is -1.51. The summed E-state index contributed by atoms with van der Waals surface area (Å²) in [5.74, 6) is 0.187. The van der Waals surface area contributed by atoms with Gasteiger partial charge in [-0.05, 0) is 50.3 Å². The van der Waals surface area contributed by atoms with E-state index < -0.39 is 0 Å². The van der Waals surface area contributed by atoms with Crippen molar-refractivity contribution in [3.63, 3.8) is 0 Å². The lowest BCUT2D eigenvalue weighted by atomic mass is 10.0. The van der Waals surface area contributed by atoms with Gasteiger partial charge in [-0.25, -0.2) is 0 Å². The SMILES string of the molecule is C[C@@H]1C[C@H](C)OC2=CC3=C(C=C[C@@H]2C(=O)O1)CCC3. The van der Waals surface area contributed by atoms with Gasteiger partial charge < -0.3 is 9.47 Å². The molecule has 0 aromatic carbocycles. The quantitative estimate of drug-likeness (QED) is 0.627. The zero-order valence-corrected chi connectivity index (χ0v) is 11.5. The fraction of sp³-hybridized carbons (Fsp3) is 0.562. The van der Waals surface area contributed by atoms with E-state index in [1.54, 1.807) is 0 Å². The van der Waals surface area contributed by atoms with E-state index in [-0.39, 0.29) is 24.1 Å². The van der Waals surface area contributed by atoms with Crippen molar-refractivity contribution in [3.8, 4) is 0 Å². The third-order valence-corrected chi connectivity index (χ3v) is 3.99. The van der Waals surface area contributed by atoms with E-state index in [1.165, 1.54) is 17.6 Å². The Morgan fingerprint density at radius 2 is 1.84 bits per heavy atom. The van der Waals surface area contributed by atoms with Crippen LogP contribution < -0.4 is 0 Å². The Morgan fingerprint density at radius 3 is 2.68 bits per heavy atom. The summed E-state index contributed by atoms with van der Waals surface area (Å²) in [7, 11) is 0. The van der Waals surface area contributed by atoms with Gasteiger partial charge in [-0.1, -0.05) is 12.2 Å². The predicted molar refractivity (Wildman–Crippen MR) is 72.3 cm³/mol. The summed E-state index contributed by atoms with van der Waals surface area (Å²) in [6, 6.07) is 0. The molecule has 1 aliphatic heterocycles. The van der Waals surface area contributed by atoms with Crippen LogP contribution >= 0.6 is 0 Å². The van der Waals surface area contributed by atoms with Crippen LogP contribution in [0.4, 0.5) is 0 Å². The second kappa shape index (κ2) is 4.87. The minimum absolute atomic E-state index is 0.0776. The van der Waals surface area contributed by atoms with Gasteiger partial charge in [-0.3, -0.25) is 4.79 Å². The van der Waals surface area contributed by atoms with Crippen molar-refractivity contribution in [2.45, 2.75) is 51.7 Å². The highest BCUT2D eigenvalue weighted by Gasteiger charge is 2.32. The van der Waals surface area contributed by atoms with Crippen molar-refractivity contribution in [2.24, 2.45) is 5.92 Å². The van der Waals surface area contributed by atoms with Gasteiger partial charge in [0.1, 0.15) is 17.8 Å². The number of ether oxygens (including phenoxy) is 2. The van der Waals surface area contributed by atoms with Gasteiger partial charge in [-0.15, -0.1) is 0 Å². The molecule has 0 amide bonds. The van der Waals surface area contributed by atoms with Crippen LogP contribution in [0.15, 0.2) is 35.1 Å². The predicted octanol–water partition coefficient (Wildman–Crippen LogP) is 3.28. The Bertz CT molecular complexity index is 484. The number of fused-ring (bicyclic) bond motifs is 1. The van der Waals surface area contributed by atoms with Gasteiger partial charge in [0, 0.05) is 6.42 Å². The number of carbonyl (C=O) groups excluding carboxylic acids is 1. The van der Waals surface area contributed by atoms with Crippen molar-refractivity contribution in [1.29, 1.82) is 0 Å². The lowest BCUT2D eigenvalue weighted by molar-refractivity contribution is -0.155. The van der Waals surface area contributed by atoms with Gasteiger partial charge in [0.15, 0.2) is 0 Å². The normalized spacial score (nSPS) is 34.3. The van der Waals surface area contributed by atoms with Crippen LogP contribution in [-0.4, -0.2) is 18.2 Å². The maximum absolute atomic E-state index is 12.2. The van der Waals surface area contributed by atoms with E-state index in [9.17, 15) is 4.79 Å². The van der Waals surface area contributed by atoms with E-state index >= 15 is 0 Å². The molecule has 0 spiro atoms. The number of carbonyl (C=O) groups is 1. The molecule has 3 rings (SSSR count). The van der Waals surface area contributed by atoms with Crippen LogP contribution in [0.5, 0.6) is 0 Å². The molecule has 1 saturated heterocycles. The number of hydrogen-bond acceptors (Lipinski definition) is 3. The van der Waals surface area contributed by atoms with Gasteiger partial charge in [0.05, 0.1) is 6.10 Å². The third-order valence-electron chi connectivity index (χ3n) is 3.99. The van der Waals surface area contributed by atoms with Crippen molar-refractivity contribution in [2.75, 3.05) is 0 Å². The van der Waals surface area contributed by atoms with E-state index in [2.05, 4.69) is 12.2 Å². The highest BCUT2D eigenvalue weighted by Crippen LogP contribution is 2.35. The topological polar surface area (TPSA) is 35.5 Å². The van der Waals surface area contributed by atoms with E-state index in [0.29, 0.717) is 0 Å². The fourth-order valence-corrected chi connectivity index (χ4v) is 3.08. The number of esters is 1. The molecule has 3 nitrogen and oxygen atoms in total. The van der Waals surface area contributed by atoms with Gasteiger partial charge in [0.2, 0.25) is 0 Å². The Morgan fingerprint density at radius 1 is 1.11 bits per heavy atom. The summed E-state index contributed by atoms with van der Waals surface area (Å²) in [5.41, 5.74) is 2.67. The van der Waals surface area contributed by atoms with E-state index in [4.69, 9.17) is 9.47 Å². The maximum Gasteiger partial charge on any atom is 0.320 e. The molecule has 0 saturated carbocycles. The largest absolute Gasteiger partial charge is 0.494 e. The van der Waals surface area contributed by atoms with Crippen LogP contribution in [0.1, 0.15) is 39.5 Å². The molecule has 0 unspecified atom stereocenters. The third kappa shape index (κ3) is 2.46. The van der Waals surface area contributed by atoms with Crippen LogP contribution in [0.3, 0.4) is 0 Å². The number of allylic oxidation sites excluding steroid dienone is 4. The summed E-state index contributed by atoms with van der Waals surface area (Å²) in [6.45, 7) is 3.96. The number of hydrogen-bond donors (Lipinski definition) is 0. The summed E-state index contributed by atoms with van der Waals surface area (Å²) in [5, 5.41) is 0. The Labute approximate surface area is 114 Å². The first kappa shape index (κ1) is 12.5. The standard InChI is InChI=1S/C16H20O3/c1-10-8-11(2)19-16(17)14-7-6-12-4-3-5-13(12)9-15(14)18-10/h6-7,9-11,14H,3-5,8H2,1-2H3/t10-,11+,14-/m0/s1. The zero-order valence-electron chi connectivity index (χ0n) is 11.5. The Kier molecular flexibility index (Phi) is 3.21. The average Bonchev–Trinajstić information content (AvgIpc) is 2.68. The van der Waals surface area contributed by atoms with Crippen molar-refractivity contribution >= 4 is 5.97 Å².